The zero-order valence-electron chi connectivity index (χ0n) is 12.5. The Morgan fingerprint density at radius 1 is 1.09 bits per heavy atom. The van der Waals surface area contributed by atoms with E-state index in [0.717, 1.165) is 24.5 Å². The number of nitrogens with one attached hydrogen (secondary N) is 1. The fourth-order valence-electron chi connectivity index (χ4n) is 2.27. The van der Waals surface area contributed by atoms with E-state index in [9.17, 15) is 0 Å². The number of hydrogen-bond donors (Lipinski definition) is 1. The molecule has 0 aromatic heterocycles. The third-order valence-electron chi connectivity index (χ3n) is 3.32. The largest absolute Gasteiger partial charge is 0.484 e. The van der Waals surface area contributed by atoms with Gasteiger partial charge in [-0.25, -0.2) is 0 Å². The average Bonchev–Trinajstić information content (AvgIpc) is 3.04. The van der Waals surface area contributed by atoms with Gasteiger partial charge in [0.05, 0.1) is 26.0 Å². The van der Waals surface area contributed by atoms with Crippen molar-refractivity contribution in [2.24, 2.45) is 0 Å². The second-order valence-corrected chi connectivity index (χ2v) is 4.99. The zero-order valence-corrected chi connectivity index (χ0v) is 12.5. The number of anilines is 1. The highest BCUT2D eigenvalue weighted by molar-refractivity contribution is 5.54. The summed E-state index contributed by atoms with van der Waals surface area (Å²) >= 11 is 0. The van der Waals surface area contributed by atoms with E-state index < -0.39 is 0 Å². The lowest BCUT2D eigenvalue weighted by Crippen LogP contribution is -2.16. The summed E-state index contributed by atoms with van der Waals surface area (Å²) in [5, 5.41) is 0. The lowest BCUT2D eigenvalue weighted by Gasteiger charge is -2.17. The minimum atomic E-state index is 0.0518. The van der Waals surface area contributed by atoms with Crippen LogP contribution in [0.15, 0.2) is 48.5 Å². The van der Waals surface area contributed by atoms with Gasteiger partial charge < -0.3 is 14.2 Å². The van der Waals surface area contributed by atoms with Crippen LogP contribution in [0.1, 0.15) is 6.42 Å². The van der Waals surface area contributed by atoms with Gasteiger partial charge in [0.15, 0.2) is 11.5 Å². The fourth-order valence-corrected chi connectivity index (χ4v) is 2.27. The molecule has 0 amide bonds. The highest BCUT2D eigenvalue weighted by atomic mass is 16.6. The molecule has 2 aromatic rings. The number of benzene rings is 2. The van der Waals surface area contributed by atoms with Crippen LogP contribution in [0.5, 0.6) is 17.2 Å². The molecule has 1 saturated heterocycles. The molecule has 5 nitrogen and oxygen atoms in total. The van der Waals surface area contributed by atoms with Crippen LogP contribution in [0, 0.1) is 0 Å². The summed E-state index contributed by atoms with van der Waals surface area (Å²) in [4.78, 5) is 4.94. The molecule has 0 spiro atoms. The Kier molecular flexibility index (Phi) is 4.78. The SMILES string of the molecule is CONc1ccc(Oc2ccccc2)c(OC2CCOC2)c1. The van der Waals surface area contributed by atoms with Gasteiger partial charge >= 0.3 is 0 Å². The molecule has 0 saturated carbocycles. The molecule has 1 atom stereocenters. The maximum absolute atomic E-state index is 6.02. The molecule has 0 radical (unpaired) electrons. The summed E-state index contributed by atoms with van der Waals surface area (Å²) in [5.74, 6) is 2.10. The Labute approximate surface area is 129 Å². The molecule has 0 aliphatic carbocycles. The minimum absolute atomic E-state index is 0.0518. The highest BCUT2D eigenvalue weighted by Gasteiger charge is 2.19. The molecule has 1 heterocycles. The second kappa shape index (κ2) is 7.15. The summed E-state index contributed by atoms with van der Waals surface area (Å²) in [7, 11) is 1.57. The van der Waals surface area contributed by atoms with Gasteiger partial charge in [-0.15, -0.1) is 0 Å². The molecule has 116 valence electrons. The monoisotopic (exact) mass is 301 g/mol. The third-order valence-corrected chi connectivity index (χ3v) is 3.32. The summed E-state index contributed by atoms with van der Waals surface area (Å²) in [6.45, 7) is 1.34. The van der Waals surface area contributed by atoms with Crippen LogP contribution in [0.3, 0.4) is 0 Å². The number of hydrogen-bond acceptors (Lipinski definition) is 5. The topological polar surface area (TPSA) is 49.0 Å². The predicted octanol–water partition coefficient (Wildman–Crippen LogP) is 3.62. The number of rotatable bonds is 6. The Balaban J connectivity index is 1.82. The smallest absolute Gasteiger partial charge is 0.169 e. The number of para-hydroxylation sites is 1. The van der Waals surface area contributed by atoms with E-state index in [1.54, 1.807) is 7.11 Å². The Morgan fingerprint density at radius 3 is 2.68 bits per heavy atom. The van der Waals surface area contributed by atoms with Gasteiger partial charge in [0.25, 0.3) is 0 Å². The van der Waals surface area contributed by atoms with E-state index in [1.807, 2.05) is 48.5 Å². The van der Waals surface area contributed by atoms with Gasteiger partial charge in [-0.3, -0.25) is 10.3 Å². The van der Waals surface area contributed by atoms with Crippen LogP contribution in [-0.2, 0) is 9.57 Å². The van der Waals surface area contributed by atoms with Crippen molar-refractivity contribution in [3.8, 4) is 17.2 Å². The first-order valence-corrected chi connectivity index (χ1v) is 7.25. The molecule has 0 bridgehead atoms. The molecule has 1 aliphatic heterocycles. The molecule has 3 rings (SSSR count). The van der Waals surface area contributed by atoms with Crippen LogP contribution in [0.25, 0.3) is 0 Å². The highest BCUT2D eigenvalue weighted by Crippen LogP contribution is 2.35. The average molecular weight is 301 g/mol. The molecule has 5 heteroatoms. The Bertz CT molecular complexity index is 597. The van der Waals surface area contributed by atoms with Crippen molar-refractivity contribution in [1.82, 2.24) is 0 Å². The maximum atomic E-state index is 6.02. The van der Waals surface area contributed by atoms with Crippen molar-refractivity contribution in [2.45, 2.75) is 12.5 Å². The Morgan fingerprint density at radius 2 is 1.95 bits per heavy atom. The van der Waals surface area contributed by atoms with Crippen molar-refractivity contribution in [3.63, 3.8) is 0 Å². The Hall–Kier alpha value is -2.24. The van der Waals surface area contributed by atoms with Crippen LogP contribution < -0.4 is 15.0 Å². The number of ether oxygens (including phenoxy) is 3. The summed E-state index contributed by atoms with van der Waals surface area (Å²) < 4.78 is 17.3. The third kappa shape index (κ3) is 3.69. The van der Waals surface area contributed by atoms with Crippen molar-refractivity contribution in [1.29, 1.82) is 0 Å². The summed E-state index contributed by atoms with van der Waals surface area (Å²) in [6, 6.07) is 15.2. The summed E-state index contributed by atoms with van der Waals surface area (Å²) in [6.07, 6.45) is 0.933. The fraction of sp³-hybridized carbons (Fsp3) is 0.294. The minimum Gasteiger partial charge on any atom is -0.484 e. The van der Waals surface area contributed by atoms with Gasteiger partial charge in [0, 0.05) is 12.5 Å². The predicted molar refractivity (Wildman–Crippen MR) is 83.4 cm³/mol. The van der Waals surface area contributed by atoms with Gasteiger partial charge in [-0.2, -0.15) is 0 Å². The lowest BCUT2D eigenvalue weighted by molar-refractivity contribution is 0.139. The summed E-state index contributed by atoms with van der Waals surface area (Å²) in [5.41, 5.74) is 3.60. The first kappa shape index (κ1) is 14.7. The van der Waals surface area contributed by atoms with Crippen LogP contribution in [0.2, 0.25) is 0 Å². The quantitative estimate of drug-likeness (QED) is 0.826. The second-order valence-electron chi connectivity index (χ2n) is 4.99. The van der Waals surface area contributed by atoms with Crippen molar-refractivity contribution in [2.75, 3.05) is 25.8 Å². The normalized spacial score (nSPS) is 17.2. The van der Waals surface area contributed by atoms with E-state index in [-0.39, 0.29) is 6.10 Å². The molecular formula is C17H19NO4. The molecule has 1 fully saturated rings. The van der Waals surface area contributed by atoms with E-state index in [2.05, 4.69) is 5.48 Å². The molecule has 2 aromatic carbocycles. The van der Waals surface area contributed by atoms with Gasteiger partial charge in [0.2, 0.25) is 0 Å². The van der Waals surface area contributed by atoms with E-state index >= 15 is 0 Å². The van der Waals surface area contributed by atoms with Crippen LogP contribution in [-0.4, -0.2) is 26.4 Å². The van der Waals surface area contributed by atoms with E-state index in [1.165, 1.54) is 0 Å². The molecule has 1 aliphatic rings. The maximum Gasteiger partial charge on any atom is 0.169 e. The molecular weight excluding hydrogens is 282 g/mol. The molecule has 22 heavy (non-hydrogen) atoms. The van der Waals surface area contributed by atoms with Crippen molar-refractivity contribution in [3.05, 3.63) is 48.5 Å². The van der Waals surface area contributed by atoms with E-state index in [4.69, 9.17) is 19.0 Å². The van der Waals surface area contributed by atoms with Crippen molar-refractivity contribution >= 4 is 5.69 Å². The van der Waals surface area contributed by atoms with Gasteiger partial charge in [-0.1, -0.05) is 18.2 Å². The molecule has 1 unspecified atom stereocenters. The van der Waals surface area contributed by atoms with Gasteiger partial charge in [0.1, 0.15) is 11.9 Å². The molecule has 1 N–H and O–H groups in total. The van der Waals surface area contributed by atoms with Crippen LogP contribution >= 0.6 is 0 Å². The first-order chi connectivity index (χ1) is 10.8. The lowest BCUT2D eigenvalue weighted by atomic mass is 10.2. The first-order valence-electron chi connectivity index (χ1n) is 7.25. The zero-order chi connectivity index (χ0) is 15.2. The van der Waals surface area contributed by atoms with Gasteiger partial charge in [-0.05, 0) is 24.3 Å². The van der Waals surface area contributed by atoms with E-state index in [0.29, 0.717) is 18.1 Å². The standard InChI is InChI=1S/C17H19NO4/c1-19-18-13-7-8-16(21-14-5-3-2-4-6-14)17(11-13)22-15-9-10-20-12-15/h2-8,11,15,18H,9-10,12H2,1H3. The van der Waals surface area contributed by atoms with Crippen molar-refractivity contribution < 1.29 is 19.0 Å². The van der Waals surface area contributed by atoms with Crippen LogP contribution in [0.4, 0.5) is 5.69 Å².